The molecule has 1 N–H and O–H groups in total. The number of hydrogen-bond donors (Lipinski definition) is 1. The second-order valence-corrected chi connectivity index (χ2v) is 7.20. The number of carbonyl (C=O) groups is 1. The molecule has 0 unspecified atom stereocenters. The third-order valence-electron chi connectivity index (χ3n) is 3.94. The summed E-state index contributed by atoms with van der Waals surface area (Å²) in [5, 5.41) is 7.31. The molecule has 1 amide bonds. The number of nitrogens with one attached hydrogen (secondary N) is 1. The van der Waals surface area contributed by atoms with E-state index < -0.39 is 0 Å². The Hall–Kier alpha value is -1.83. The van der Waals surface area contributed by atoms with E-state index in [9.17, 15) is 4.79 Å². The van der Waals surface area contributed by atoms with Gasteiger partial charge in [0.1, 0.15) is 5.69 Å². The Kier molecular flexibility index (Phi) is 8.73. The van der Waals surface area contributed by atoms with Gasteiger partial charge in [-0.2, -0.15) is 24.3 Å². The summed E-state index contributed by atoms with van der Waals surface area (Å²) in [5.74, 6) is 0.666. The first-order valence-corrected chi connectivity index (χ1v) is 8.90. The molecule has 2 aromatic heterocycles. The third-order valence-corrected chi connectivity index (χ3v) is 3.94. The zero-order valence-corrected chi connectivity index (χ0v) is 20.2. The van der Waals surface area contributed by atoms with Crippen LogP contribution >= 0.6 is 0 Å². The molecule has 0 radical (unpaired) electrons. The molecular weight excluding hydrogens is 389 g/mol. The molecule has 0 aliphatic rings. The van der Waals surface area contributed by atoms with E-state index >= 15 is 0 Å². The van der Waals surface area contributed by atoms with Crippen LogP contribution < -0.4 is 56.7 Å². The van der Waals surface area contributed by atoms with Gasteiger partial charge < -0.3 is 9.84 Å². The minimum absolute atomic E-state index is 0. The number of fused-ring (bicyclic) bond motifs is 1. The summed E-state index contributed by atoms with van der Waals surface area (Å²) in [7, 11) is 0. The molecular formula is C23H21KN3O2-. The van der Waals surface area contributed by atoms with E-state index in [0.717, 1.165) is 22.4 Å². The van der Waals surface area contributed by atoms with Crippen LogP contribution in [-0.4, -0.2) is 16.0 Å². The number of pyridine rings is 1. The third kappa shape index (κ3) is 6.87. The van der Waals surface area contributed by atoms with Gasteiger partial charge in [-0.1, -0.05) is 50.7 Å². The fourth-order valence-electron chi connectivity index (χ4n) is 2.40. The Balaban J connectivity index is 0.000000255. The van der Waals surface area contributed by atoms with Gasteiger partial charge in [0, 0.05) is 5.39 Å². The Morgan fingerprint density at radius 1 is 1.03 bits per heavy atom. The molecule has 29 heavy (non-hydrogen) atoms. The maximum Gasteiger partial charge on any atom is 1.00 e. The minimum atomic E-state index is -0.211. The van der Waals surface area contributed by atoms with Crippen LogP contribution in [0.4, 0.5) is 5.69 Å². The molecule has 0 spiro atoms. The summed E-state index contributed by atoms with van der Waals surface area (Å²) < 4.78 is 4.89. The largest absolute Gasteiger partial charge is 1.00 e. The zero-order chi connectivity index (χ0) is 20.0. The number of aromatic nitrogens is 2. The van der Waals surface area contributed by atoms with E-state index in [0.29, 0.717) is 5.69 Å². The number of benzene rings is 2. The van der Waals surface area contributed by atoms with Gasteiger partial charge in [0.25, 0.3) is 5.91 Å². The second-order valence-electron chi connectivity index (χ2n) is 7.20. The number of para-hydroxylation sites is 1. The SMILES string of the molecule is CC(C)(C)c1c[c-]no1.O=C(Nc1cc[c-]cc1)c1ccc2ccccc2n1.[K+]. The Morgan fingerprint density at radius 2 is 1.76 bits per heavy atom. The number of rotatable bonds is 2. The van der Waals surface area contributed by atoms with Crippen molar-refractivity contribution >= 4 is 22.5 Å². The van der Waals surface area contributed by atoms with Crippen molar-refractivity contribution in [3.8, 4) is 0 Å². The number of carbonyl (C=O) groups excluding carboxylic acids is 1. The molecule has 0 atom stereocenters. The molecule has 4 rings (SSSR count). The summed E-state index contributed by atoms with van der Waals surface area (Å²) in [5.41, 5.74) is 2.02. The van der Waals surface area contributed by atoms with Crippen LogP contribution in [0.15, 0.2) is 71.3 Å². The van der Waals surface area contributed by atoms with Gasteiger partial charge in [0.2, 0.25) is 0 Å². The van der Waals surface area contributed by atoms with Gasteiger partial charge in [-0.05, 0) is 23.3 Å². The van der Waals surface area contributed by atoms with Crippen LogP contribution in [0.2, 0.25) is 0 Å². The molecule has 6 heteroatoms. The quantitative estimate of drug-likeness (QED) is 0.406. The van der Waals surface area contributed by atoms with Gasteiger partial charge in [-0.3, -0.25) is 4.79 Å². The smallest absolute Gasteiger partial charge is 0.470 e. The Bertz CT molecular complexity index is 1040. The molecule has 4 aromatic rings. The summed E-state index contributed by atoms with van der Waals surface area (Å²) in [6.45, 7) is 6.21. The average Bonchev–Trinajstić information content (AvgIpc) is 3.24. The average molecular weight is 411 g/mol. The van der Waals surface area contributed by atoms with Crippen LogP contribution in [-0.2, 0) is 5.41 Å². The van der Waals surface area contributed by atoms with Crippen molar-refractivity contribution in [2.45, 2.75) is 26.2 Å². The second kappa shape index (κ2) is 10.8. The van der Waals surface area contributed by atoms with Crippen molar-refractivity contribution < 1.29 is 60.7 Å². The fraction of sp³-hybridized carbons (Fsp3) is 0.174. The summed E-state index contributed by atoms with van der Waals surface area (Å²) in [6, 6.07) is 23.1. The first kappa shape index (κ1) is 23.4. The summed E-state index contributed by atoms with van der Waals surface area (Å²) in [6.07, 6.45) is 2.62. The monoisotopic (exact) mass is 410 g/mol. The van der Waals surface area contributed by atoms with Crippen molar-refractivity contribution in [2.75, 3.05) is 5.32 Å². The molecule has 0 aliphatic carbocycles. The summed E-state index contributed by atoms with van der Waals surface area (Å²) in [4.78, 5) is 16.4. The normalized spacial score (nSPS) is 10.4. The van der Waals surface area contributed by atoms with E-state index in [2.05, 4.69) is 48.5 Å². The van der Waals surface area contributed by atoms with E-state index in [4.69, 9.17) is 4.52 Å². The molecule has 0 saturated carbocycles. The van der Waals surface area contributed by atoms with Crippen LogP contribution in [0.3, 0.4) is 0 Å². The first-order valence-electron chi connectivity index (χ1n) is 8.90. The van der Waals surface area contributed by atoms with Gasteiger partial charge >= 0.3 is 51.4 Å². The predicted octanol–water partition coefficient (Wildman–Crippen LogP) is 2.06. The van der Waals surface area contributed by atoms with Crippen LogP contribution in [0.5, 0.6) is 0 Å². The molecule has 0 bridgehead atoms. The number of amides is 1. The molecule has 5 nitrogen and oxygen atoms in total. The molecule has 0 aliphatic heterocycles. The maximum atomic E-state index is 12.1. The molecule has 2 aromatic carbocycles. The zero-order valence-electron chi connectivity index (χ0n) is 17.1. The molecule has 2 heterocycles. The Labute approximate surface area is 213 Å². The summed E-state index contributed by atoms with van der Waals surface area (Å²) >= 11 is 0. The van der Waals surface area contributed by atoms with Gasteiger partial charge in [-0.15, -0.1) is 18.3 Å². The minimum Gasteiger partial charge on any atom is -0.470 e. The molecule has 0 saturated heterocycles. The van der Waals surface area contributed by atoms with Crippen molar-refractivity contribution in [2.24, 2.45) is 0 Å². The van der Waals surface area contributed by atoms with E-state index in [1.165, 1.54) is 0 Å². The van der Waals surface area contributed by atoms with Crippen LogP contribution in [0.1, 0.15) is 37.0 Å². The predicted molar refractivity (Wildman–Crippen MR) is 109 cm³/mol. The Morgan fingerprint density at radius 3 is 2.38 bits per heavy atom. The van der Waals surface area contributed by atoms with E-state index in [-0.39, 0.29) is 62.7 Å². The van der Waals surface area contributed by atoms with Crippen LogP contribution in [0, 0.1) is 12.3 Å². The maximum absolute atomic E-state index is 12.1. The van der Waals surface area contributed by atoms with Crippen molar-refractivity contribution in [3.05, 3.63) is 90.4 Å². The topological polar surface area (TPSA) is 68.0 Å². The first-order chi connectivity index (χ1) is 13.4. The molecule has 0 fully saturated rings. The van der Waals surface area contributed by atoms with E-state index in [1.54, 1.807) is 36.4 Å². The molecule has 142 valence electrons. The van der Waals surface area contributed by atoms with Crippen molar-refractivity contribution in [1.29, 1.82) is 0 Å². The number of nitrogens with zero attached hydrogens (tertiary/aromatic N) is 2. The van der Waals surface area contributed by atoms with E-state index in [1.807, 2.05) is 30.3 Å². The van der Waals surface area contributed by atoms with Gasteiger partial charge in [0.15, 0.2) is 0 Å². The fourth-order valence-corrected chi connectivity index (χ4v) is 2.40. The van der Waals surface area contributed by atoms with Gasteiger partial charge in [-0.25, -0.2) is 10.1 Å². The number of hydrogen-bond acceptors (Lipinski definition) is 4. The number of anilines is 1. The van der Waals surface area contributed by atoms with Crippen molar-refractivity contribution in [1.82, 2.24) is 10.1 Å². The standard InChI is InChI=1S/C16H11N2O.C7H10NO.K/c19-16(17-13-7-2-1-3-8-13)15-11-10-12-6-4-5-9-14(12)18-15;1-7(2,3)6-4-5-8-9-6;/h2-11H,(H,17,19);4H,1-3H3;/q2*-1;+1. The van der Waals surface area contributed by atoms with Gasteiger partial charge in [0.05, 0.1) is 5.52 Å². The van der Waals surface area contributed by atoms with Crippen molar-refractivity contribution in [3.63, 3.8) is 0 Å². The van der Waals surface area contributed by atoms with Crippen LogP contribution in [0.25, 0.3) is 10.9 Å².